The summed E-state index contributed by atoms with van der Waals surface area (Å²) < 4.78 is 10.2. The molecule has 0 aliphatic rings. The molecule has 0 aromatic rings. The van der Waals surface area contributed by atoms with Crippen molar-refractivity contribution in [1.82, 2.24) is 0 Å². The van der Waals surface area contributed by atoms with Crippen LogP contribution in [0.2, 0.25) is 0 Å². The van der Waals surface area contributed by atoms with Crippen LogP contribution in [-0.4, -0.2) is 49.9 Å². The van der Waals surface area contributed by atoms with Crippen molar-refractivity contribution in [3.8, 4) is 0 Å². The Morgan fingerprint density at radius 2 is 1.21 bits per heavy atom. The maximum atomic E-state index is 7.91. The molecule has 0 spiro atoms. The van der Waals surface area contributed by atoms with Crippen LogP contribution in [0.15, 0.2) is 0 Å². The molecule has 0 saturated heterocycles. The van der Waals surface area contributed by atoms with Crippen LogP contribution in [0.3, 0.4) is 0 Å². The van der Waals surface area contributed by atoms with Crippen LogP contribution >= 0.6 is 0 Å². The predicted octanol–water partition coefficient (Wildman–Crippen LogP) is 0.811. The Morgan fingerprint density at radius 1 is 0.786 bits per heavy atom. The lowest BCUT2D eigenvalue weighted by molar-refractivity contribution is 0.0939. The predicted molar refractivity (Wildman–Crippen MR) is 56.4 cm³/mol. The van der Waals surface area contributed by atoms with Gasteiger partial charge in [-0.25, -0.2) is 0 Å². The van der Waals surface area contributed by atoms with Gasteiger partial charge in [0.1, 0.15) is 0 Å². The van der Waals surface area contributed by atoms with E-state index in [2.05, 4.69) is 0 Å². The quantitative estimate of drug-likeness (QED) is 0.580. The van der Waals surface area contributed by atoms with Gasteiger partial charge in [-0.15, -0.1) is 0 Å². The van der Waals surface area contributed by atoms with Gasteiger partial charge in [0, 0.05) is 39.6 Å². The molecule has 0 bridgehead atoms. The summed E-state index contributed by atoms with van der Waals surface area (Å²) in [5.74, 6) is 0. The van der Waals surface area contributed by atoms with E-state index in [0.717, 1.165) is 32.8 Å². The molecular weight excluding hydrogens is 184 g/mol. The van der Waals surface area contributed by atoms with E-state index in [1.54, 1.807) is 0 Å². The van der Waals surface area contributed by atoms with Crippen LogP contribution in [0, 0.1) is 0 Å². The first-order chi connectivity index (χ1) is 6.83. The zero-order valence-electron chi connectivity index (χ0n) is 9.37. The van der Waals surface area contributed by atoms with Crippen molar-refractivity contribution in [3.05, 3.63) is 0 Å². The highest BCUT2D eigenvalue weighted by Crippen LogP contribution is 1.83. The van der Waals surface area contributed by atoms with E-state index in [9.17, 15) is 0 Å². The highest BCUT2D eigenvalue weighted by molar-refractivity contribution is 4.31. The lowest BCUT2D eigenvalue weighted by atomic mass is 10.5. The summed E-state index contributed by atoms with van der Waals surface area (Å²) in [4.78, 5) is 0. The van der Waals surface area contributed by atoms with Crippen molar-refractivity contribution in [2.45, 2.75) is 26.7 Å². The Bertz CT molecular complexity index is 70.5. The second-order valence-corrected chi connectivity index (χ2v) is 2.55. The largest absolute Gasteiger partial charge is 0.396 e. The first-order valence-electron chi connectivity index (χ1n) is 5.20. The van der Waals surface area contributed by atoms with Gasteiger partial charge in [-0.3, -0.25) is 0 Å². The van der Waals surface area contributed by atoms with E-state index in [1.807, 2.05) is 13.8 Å². The molecule has 0 aromatic heterocycles. The van der Waals surface area contributed by atoms with E-state index in [0.29, 0.717) is 6.42 Å². The minimum Gasteiger partial charge on any atom is -0.396 e. The first kappa shape index (κ1) is 16.3. The van der Waals surface area contributed by atoms with Crippen molar-refractivity contribution in [2.24, 2.45) is 0 Å². The molecular formula is C10H24O4. The van der Waals surface area contributed by atoms with Gasteiger partial charge in [-0.1, -0.05) is 0 Å². The van der Waals surface area contributed by atoms with Crippen molar-refractivity contribution in [3.63, 3.8) is 0 Å². The van der Waals surface area contributed by atoms with Gasteiger partial charge in [0.2, 0.25) is 0 Å². The normalized spacial score (nSPS) is 9.43. The van der Waals surface area contributed by atoms with E-state index < -0.39 is 0 Å². The Labute approximate surface area is 86.8 Å². The van der Waals surface area contributed by atoms with Crippen molar-refractivity contribution < 1.29 is 19.7 Å². The van der Waals surface area contributed by atoms with Crippen LogP contribution in [0.4, 0.5) is 0 Å². The fourth-order valence-electron chi connectivity index (χ4n) is 0.622. The highest BCUT2D eigenvalue weighted by atomic mass is 16.5. The van der Waals surface area contributed by atoms with Crippen LogP contribution in [0.1, 0.15) is 26.7 Å². The van der Waals surface area contributed by atoms with Gasteiger partial charge in [-0.05, 0) is 26.7 Å². The Balaban J connectivity index is 0. The highest BCUT2D eigenvalue weighted by Gasteiger charge is 1.84. The van der Waals surface area contributed by atoms with Gasteiger partial charge in [-0.2, -0.15) is 0 Å². The van der Waals surface area contributed by atoms with Crippen LogP contribution in [0.5, 0.6) is 0 Å². The molecule has 0 aliphatic carbocycles. The summed E-state index contributed by atoms with van der Waals surface area (Å²) in [5, 5.41) is 15.8. The van der Waals surface area contributed by atoms with Gasteiger partial charge in [0.25, 0.3) is 0 Å². The molecule has 14 heavy (non-hydrogen) atoms. The minimum atomic E-state index is 0.0938. The summed E-state index contributed by atoms with van der Waals surface area (Å²) in [6, 6.07) is 0. The van der Waals surface area contributed by atoms with Gasteiger partial charge in [0.15, 0.2) is 0 Å². The molecule has 0 heterocycles. The molecule has 0 unspecified atom stereocenters. The molecule has 2 N–H and O–H groups in total. The summed E-state index contributed by atoms with van der Waals surface area (Å²) in [6.07, 6.45) is 1.52. The zero-order valence-corrected chi connectivity index (χ0v) is 9.37. The molecule has 0 radical (unpaired) electrons. The third-order valence-electron chi connectivity index (χ3n) is 1.30. The van der Waals surface area contributed by atoms with Crippen molar-refractivity contribution in [2.75, 3.05) is 39.6 Å². The van der Waals surface area contributed by atoms with E-state index >= 15 is 0 Å². The monoisotopic (exact) mass is 208 g/mol. The zero-order chi connectivity index (χ0) is 11.1. The molecule has 0 saturated carbocycles. The first-order valence-corrected chi connectivity index (χ1v) is 5.20. The Morgan fingerprint density at radius 3 is 1.43 bits per heavy atom. The van der Waals surface area contributed by atoms with E-state index in [1.165, 1.54) is 0 Å². The maximum Gasteiger partial charge on any atom is 0.0487 e. The van der Waals surface area contributed by atoms with Crippen LogP contribution < -0.4 is 0 Å². The van der Waals surface area contributed by atoms with E-state index in [-0.39, 0.29) is 13.2 Å². The van der Waals surface area contributed by atoms with Crippen molar-refractivity contribution >= 4 is 0 Å². The Kier molecular flexibility index (Phi) is 21.6. The number of ether oxygens (including phenoxy) is 2. The van der Waals surface area contributed by atoms with Gasteiger partial charge in [0.05, 0.1) is 0 Å². The average Bonchev–Trinajstić information content (AvgIpc) is 2.20. The molecule has 4 heteroatoms. The topological polar surface area (TPSA) is 58.9 Å². The Hall–Kier alpha value is -0.160. The smallest absolute Gasteiger partial charge is 0.0487 e. The summed E-state index contributed by atoms with van der Waals surface area (Å²) in [7, 11) is 0. The van der Waals surface area contributed by atoms with Gasteiger partial charge < -0.3 is 19.7 Å². The molecule has 0 aliphatic heterocycles. The molecule has 4 nitrogen and oxygen atoms in total. The second kappa shape index (κ2) is 18.6. The molecule has 88 valence electrons. The third-order valence-corrected chi connectivity index (χ3v) is 1.30. The fraction of sp³-hybridized carbons (Fsp3) is 1.00. The molecule has 0 aromatic carbocycles. The average molecular weight is 208 g/mol. The number of rotatable bonds is 8. The van der Waals surface area contributed by atoms with Crippen LogP contribution in [0.25, 0.3) is 0 Å². The minimum absolute atomic E-state index is 0.0938. The van der Waals surface area contributed by atoms with Crippen molar-refractivity contribution in [1.29, 1.82) is 0 Å². The lowest BCUT2D eigenvalue weighted by Crippen LogP contribution is -1.99. The number of aliphatic hydroxyl groups excluding tert-OH is 2. The number of hydrogen-bond donors (Lipinski definition) is 2. The molecule has 0 rings (SSSR count). The third kappa shape index (κ3) is 22.6. The second-order valence-electron chi connectivity index (χ2n) is 2.55. The summed E-state index contributed by atoms with van der Waals surface area (Å²) in [6.45, 7) is 7.47. The summed E-state index contributed by atoms with van der Waals surface area (Å²) >= 11 is 0. The molecule has 0 atom stereocenters. The fourth-order valence-corrected chi connectivity index (χ4v) is 0.622. The molecule has 0 fully saturated rings. The SMILES string of the molecule is CCOCCCOCC.OCCCO. The standard InChI is InChI=1S/C7H16O2.C3H8O2/c1-3-8-6-5-7-9-4-2;4-2-1-3-5/h3-7H2,1-2H3;4-5H,1-3H2. The number of hydrogen-bond acceptors (Lipinski definition) is 4. The van der Waals surface area contributed by atoms with E-state index in [4.69, 9.17) is 19.7 Å². The van der Waals surface area contributed by atoms with Crippen LogP contribution in [-0.2, 0) is 9.47 Å². The van der Waals surface area contributed by atoms with Gasteiger partial charge >= 0.3 is 0 Å². The number of aliphatic hydroxyl groups is 2. The lowest BCUT2D eigenvalue weighted by Gasteiger charge is -2.00. The summed E-state index contributed by atoms with van der Waals surface area (Å²) in [5.41, 5.74) is 0. The maximum absolute atomic E-state index is 7.91. The molecule has 0 amide bonds.